The van der Waals surface area contributed by atoms with Crippen molar-refractivity contribution in [1.82, 2.24) is 51.6 Å². The van der Waals surface area contributed by atoms with E-state index in [0.717, 1.165) is 28.4 Å². The highest BCUT2D eigenvalue weighted by Gasteiger charge is 2.39. The molecule has 1 aliphatic rings. The van der Waals surface area contributed by atoms with Crippen molar-refractivity contribution >= 4 is 88.0 Å². The lowest BCUT2D eigenvalue weighted by Crippen LogP contribution is -2.60. The lowest BCUT2D eigenvalue weighted by molar-refractivity contribution is -0.149. The maximum atomic E-state index is 14.4. The number of benzene rings is 1. The number of primary amides is 1. The summed E-state index contributed by atoms with van der Waals surface area (Å²) >= 11 is 1.07. The number of rotatable bonds is 41. The molecular weight excluding hydrogens is 1210 g/mol. The van der Waals surface area contributed by atoms with Crippen molar-refractivity contribution in [3.8, 4) is 5.75 Å². The SMILES string of the molecule is CC[C@H](C)[C@H](NC(=O)C(C)(C)N(C)C)C(=O)N(C)[C@H](C[C@@H](OC(C)=O)c1nc(C(=O)N[C@H](CCC(N)=O)Cc2ccc(O)c(NC(=O)[C@H](C)NC(=O)[C@@H](NC(=O)[C@H](CCCCNC(=O)COCCOC)NC(=O)CCCN3C(=O)C=CC3=O)C(C)C)c2)cs1)C(C)C. The first-order valence-electron chi connectivity index (χ1n) is 31.1. The van der Waals surface area contributed by atoms with Gasteiger partial charge < -0.3 is 67.2 Å². The van der Waals surface area contributed by atoms with Gasteiger partial charge in [0.15, 0.2) is 6.10 Å². The van der Waals surface area contributed by atoms with Gasteiger partial charge in [0.1, 0.15) is 47.2 Å². The Hall–Kier alpha value is -7.89. The summed E-state index contributed by atoms with van der Waals surface area (Å²) in [6, 6.07) is -1.47. The minimum atomic E-state index is -1.25. The minimum Gasteiger partial charge on any atom is -0.506 e. The summed E-state index contributed by atoms with van der Waals surface area (Å²) in [7, 11) is 6.71. The van der Waals surface area contributed by atoms with Gasteiger partial charge in [0.05, 0.1) is 24.4 Å². The Balaban J connectivity index is 1.76. The van der Waals surface area contributed by atoms with Crippen LogP contribution in [0.15, 0.2) is 35.7 Å². The summed E-state index contributed by atoms with van der Waals surface area (Å²) < 4.78 is 15.9. The Morgan fingerprint density at radius 2 is 1.47 bits per heavy atom. The fraction of sp³-hybridized carbons (Fsp3) is 0.635. The average molecular weight is 1310 g/mol. The molecule has 1 aliphatic heterocycles. The van der Waals surface area contributed by atoms with Gasteiger partial charge in [-0.3, -0.25) is 67.3 Å². The maximum absolute atomic E-state index is 14.4. The predicted molar refractivity (Wildman–Crippen MR) is 343 cm³/mol. The Bertz CT molecular complexity index is 2900. The molecule has 0 saturated carbocycles. The number of nitrogens with zero attached hydrogens (tertiary/aromatic N) is 4. The fourth-order valence-electron chi connectivity index (χ4n) is 9.56. The molecule has 10 N–H and O–H groups in total. The van der Waals surface area contributed by atoms with Crippen LogP contribution >= 0.6 is 11.3 Å². The van der Waals surface area contributed by atoms with Crippen molar-refractivity contribution in [2.45, 2.75) is 181 Å². The second kappa shape index (κ2) is 38.2. The number of imide groups is 1. The summed E-state index contributed by atoms with van der Waals surface area (Å²) in [5.74, 6) is -7.97. The van der Waals surface area contributed by atoms with E-state index < -0.39 is 107 Å². The number of aromatic nitrogens is 1. The number of nitrogens with one attached hydrogen (secondary N) is 7. The summed E-state index contributed by atoms with van der Waals surface area (Å²) in [5, 5.41) is 31.9. The molecule has 0 radical (unpaired) electrons. The molecule has 0 saturated heterocycles. The summed E-state index contributed by atoms with van der Waals surface area (Å²) in [6.07, 6.45) is 2.77. The van der Waals surface area contributed by atoms with Crippen LogP contribution in [0.3, 0.4) is 0 Å². The van der Waals surface area contributed by atoms with Crippen LogP contribution in [0.25, 0.3) is 0 Å². The first-order valence-corrected chi connectivity index (χ1v) is 32.0. The smallest absolute Gasteiger partial charge is 0.303 e. The normalized spacial score (nSPS) is 14.9. The van der Waals surface area contributed by atoms with E-state index in [0.29, 0.717) is 31.4 Å². The highest BCUT2D eigenvalue weighted by atomic mass is 32.1. The molecule has 11 amide bonds. The number of hydrogen-bond donors (Lipinski definition) is 9. The molecule has 1 aromatic heterocycles. The van der Waals surface area contributed by atoms with Gasteiger partial charge in [-0.05, 0) is 109 Å². The van der Waals surface area contributed by atoms with Crippen molar-refractivity contribution in [2.75, 3.05) is 66.5 Å². The van der Waals surface area contributed by atoms with E-state index in [9.17, 15) is 62.6 Å². The molecule has 0 unspecified atom stereocenters. The van der Waals surface area contributed by atoms with Gasteiger partial charge in [0, 0.05) is 83.0 Å². The molecule has 1 aromatic carbocycles. The fourth-order valence-corrected chi connectivity index (χ4v) is 10.4. The number of anilines is 1. The number of unbranched alkanes of at least 4 members (excludes halogenated alkanes) is 1. The van der Waals surface area contributed by atoms with Gasteiger partial charge in [0.2, 0.25) is 47.3 Å². The number of nitrogens with two attached hydrogens (primary N) is 1. The molecule has 0 fully saturated rings. The number of amides is 11. The number of esters is 1. The molecule has 28 nitrogen and oxygen atoms in total. The van der Waals surface area contributed by atoms with Gasteiger partial charge in [-0.1, -0.05) is 54.0 Å². The number of likely N-dealkylation sites (N-methyl/N-ethyl adjacent to an activating group) is 2. The van der Waals surface area contributed by atoms with Gasteiger partial charge in [-0.2, -0.15) is 0 Å². The van der Waals surface area contributed by atoms with E-state index in [-0.39, 0.29) is 123 Å². The first kappa shape index (κ1) is 78.4. The largest absolute Gasteiger partial charge is 0.506 e. The second-order valence-electron chi connectivity index (χ2n) is 24.4. The zero-order chi connectivity index (χ0) is 69.2. The molecule has 0 aliphatic carbocycles. The maximum Gasteiger partial charge on any atom is 0.303 e. The molecule has 92 heavy (non-hydrogen) atoms. The number of aromatic hydroxyl groups is 1. The second-order valence-corrected chi connectivity index (χ2v) is 25.3. The van der Waals surface area contributed by atoms with Gasteiger partial charge >= 0.3 is 5.97 Å². The molecule has 2 heterocycles. The van der Waals surface area contributed by atoms with Crippen molar-refractivity contribution in [3.63, 3.8) is 0 Å². The van der Waals surface area contributed by atoms with Crippen LogP contribution in [-0.2, 0) is 73.4 Å². The molecule has 0 bridgehead atoms. The Labute approximate surface area is 543 Å². The third-order valence-electron chi connectivity index (χ3n) is 16.0. The third-order valence-corrected chi connectivity index (χ3v) is 16.9. The number of methoxy groups -OCH3 is 1. The van der Waals surface area contributed by atoms with Crippen molar-refractivity contribution in [2.24, 2.45) is 23.5 Å². The number of carbonyl (C=O) groups is 12. The van der Waals surface area contributed by atoms with E-state index >= 15 is 0 Å². The molecule has 512 valence electrons. The third kappa shape index (κ3) is 25.3. The lowest BCUT2D eigenvalue weighted by atomic mass is 9.92. The molecule has 8 atom stereocenters. The quantitative estimate of drug-likeness (QED) is 0.0200. The highest BCUT2D eigenvalue weighted by molar-refractivity contribution is 7.09. The zero-order valence-corrected chi connectivity index (χ0v) is 56.5. The number of carbonyl (C=O) groups excluding carboxylic acids is 12. The van der Waals surface area contributed by atoms with Crippen LogP contribution < -0.4 is 43.0 Å². The molecule has 3 rings (SSSR count). The minimum absolute atomic E-state index is 0.0239. The summed E-state index contributed by atoms with van der Waals surface area (Å²) in [6.45, 7) is 17.7. The van der Waals surface area contributed by atoms with E-state index in [1.54, 1.807) is 64.7 Å². The average Bonchev–Trinajstić information content (AvgIpc) is 1.05. The van der Waals surface area contributed by atoms with Gasteiger partial charge in [-0.25, -0.2) is 4.98 Å². The topological polar surface area (TPSA) is 386 Å². The van der Waals surface area contributed by atoms with Crippen LogP contribution in [0.4, 0.5) is 5.69 Å². The predicted octanol–water partition coefficient (Wildman–Crippen LogP) is 2.53. The van der Waals surface area contributed by atoms with Gasteiger partial charge in [0.25, 0.3) is 17.7 Å². The molecule has 29 heteroatoms. The standard InChI is InChI=1S/C63H98N12O16S/c1-15-38(6)55(72-62(88)63(9,10)73(11)12)61(87)74(13)46(36(2)3)33-48(91-40(8)76)60-70-45(35-92-60)58(85)67-42(22-24-49(64)78)31-41-21-23-47(77)44(32-41)69-56(83)39(7)66-59(86)54(37(4)5)71-57(84)43(19-16-17-27-65-51(80)34-90-30-29-89-14)68-50(79)20-18-28-75-52(81)25-26-53(75)82/h21,23,25-26,32,35-39,42-43,46,48,54-55,77H,15-20,22,24,27-31,33-34H2,1-14H3,(H2,64,78)(H,65,80)(H,66,86)(H,67,85)(H,68,79)(H,69,83)(H,71,84)(H,72,88)/t38-,39-,42+,43-,46+,48+,54-,55-/m0/s1. The number of phenols is 1. The summed E-state index contributed by atoms with van der Waals surface area (Å²) in [4.78, 5) is 167. The van der Waals surface area contributed by atoms with E-state index in [1.165, 1.54) is 38.5 Å². The van der Waals surface area contributed by atoms with Crippen LogP contribution in [0.5, 0.6) is 5.75 Å². The molecular formula is C63H98N12O16S. The molecule has 0 spiro atoms. The van der Waals surface area contributed by atoms with E-state index in [1.807, 2.05) is 27.7 Å². The monoisotopic (exact) mass is 1310 g/mol. The van der Waals surface area contributed by atoms with Gasteiger partial charge in [-0.15, -0.1) is 11.3 Å². The van der Waals surface area contributed by atoms with Crippen molar-refractivity contribution in [1.29, 1.82) is 0 Å². The van der Waals surface area contributed by atoms with Crippen molar-refractivity contribution < 1.29 is 76.9 Å². The van der Waals surface area contributed by atoms with Crippen LogP contribution in [0, 0.1) is 17.8 Å². The van der Waals surface area contributed by atoms with Crippen LogP contribution in [0.2, 0.25) is 0 Å². The number of phenolic OH excluding ortho intramolecular Hbond substituents is 1. The Kier molecular flexibility index (Phi) is 32.5. The van der Waals surface area contributed by atoms with E-state index in [4.69, 9.17) is 19.9 Å². The summed E-state index contributed by atoms with van der Waals surface area (Å²) in [5.41, 5.74) is 5.02. The van der Waals surface area contributed by atoms with Crippen LogP contribution in [0.1, 0.15) is 154 Å². The Morgan fingerprint density at radius 1 is 0.793 bits per heavy atom. The number of thiazole rings is 1. The van der Waals surface area contributed by atoms with E-state index in [2.05, 4.69) is 42.2 Å². The molecule has 2 aromatic rings. The highest BCUT2D eigenvalue weighted by Crippen LogP contribution is 2.32. The van der Waals surface area contributed by atoms with Crippen molar-refractivity contribution in [3.05, 3.63) is 52.0 Å². The number of hydrogen-bond acceptors (Lipinski definition) is 19. The lowest BCUT2D eigenvalue weighted by Gasteiger charge is -2.38. The zero-order valence-electron chi connectivity index (χ0n) is 55.7. The number of ether oxygens (including phenoxy) is 3. The van der Waals surface area contributed by atoms with Crippen LogP contribution in [-0.4, -0.2) is 199 Å². The first-order chi connectivity index (χ1) is 43.2. The Morgan fingerprint density at radius 3 is 2.07 bits per heavy atom.